The third-order valence-corrected chi connectivity index (χ3v) is 6.19. The number of H-pyrrole nitrogens is 1. The molecule has 0 saturated heterocycles. The number of nitrogens with two attached hydrogens (primary N) is 1. The summed E-state index contributed by atoms with van der Waals surface area (Å²) in [4.78, 5) is 39.5. The maximum Gasteiger partial charge on any atom is 0.435 e. The van der Waals surface area contributed by atoms with Gasteiger partial charge in [0.15, 0.2) is 11.6 Å². The van der Waals surface area contributed by atoms with Crippen LogP contribution in [0.5, 0.6) is 0 Å². The third-order valence-electron chi connectivity index (χ3n) is 6.19. The molecule has 4 rings (SSSR count). The van der Waals surface area contributed by atoms with E-state index in [1.807, 2.05) is 13.8 Å². The molecule has 54 heavy (non-hydrogen) atoms. The van der Waals surface area contributed by atoms with Gasteiger partial charge in [-0.2, -0.15) is 14.7 Å². The molecule has 0 bridgehead atoms. The van der Waals surface area contributed by atoms with Crippen molar-refractivity contribution in [2.75, 3.05) is 10.6 Å². The number of nitrogens with zero attached hydrogens (tertiary/aromatic N) is 4. The fourth-order valence-electron chi connectivity index (χ4n) is 3.94. The molecule has 4 aromatic rings. The van der Waals surface area contributed by atoms with E-state index in [0.29, 0.717) is 21.8 Å². The average Bonchev–Trinajstić information content (AvgIpc) is 3.55. The van der Waals surface area contributed by atoms with Crippen molar-refractivity contribution < 1.29 is 37.4 Å². The van der Waals surface area contributed by atoms with Gasteiger partial charge >= 0.3 is 18.3 Å². The highest BCUT2D eigenvalue weighted by Crippen LogP contribution is 2.32. The number of fused-ring (bicyclic) bond motifs is 2. The van der Waals surface area contributed by atoms with Crippen molar-refractivity contribution in [1.82, 2.24) is 20.0 Å². The van der Waals surface area contributed by atoms with Crippen LogP contribution in [-0.4, -0.2) is 55.1 Å². The van der Waals surface area contributed by atoms with Gasteiger partial charge in [0, 0.05) is 16.8 Å². The molecule has 0 aliphatic rings. The molecule has 0 fully saturated rings. The number of hydrogen-bond donors (Lipinski definition) is 2. The molecule has 0 saturated carbocycles. The van der Waals surface area contributed by atoms with Crippen LogP contribution in [0, 0.1) is 61.5 Å². The maximum absolute atomic E-state index is 14.4. The van der Waals surface area contributed by atoms with Gasteiger partial charge in [0.1, 0.15) is 28.4 Å². The molecular formula is C40H50F2N6O6. The van der Waals surface area contributed by atoms with Gasteiger partial charge in [-0.3, -0.25) is 5.10 Å². The van der Waals surface area contributed by atoms with E-state index in [1.54, 1.807) is 82.2 Å². The number of nitrogen functional groups attached to an aromatic ring is 1. The highest BCUT2D eigenvalue weighted by Gasteiger charge is 2.37. The molecule has 0 aliphatic carbocycles. The van der Waals surface area contributed by atoms with Crippen molar-refractivity contribution in [1.29, 1.82) is 0 Å². The fraction of sp³-hybridized carbons (Fsp3) is 0.425. The number of halogens is 2. The lowest BCUT2D eigenvalue weighted by molar-refractivity contribution is 0.0421. The normalized spacial score (nSPS) is 10.6. The zero-order valence-corrected chi connectivity index (χ0v) is 33.5. The number of imide groups is 1. The summed E-state index contributed by atoms with van der Waals surface area (Å²) in [6.07, 6.45) is 1.69. The van der Waals surface area contributed by atoms with Gasteiger partial charge in [0.25, 0.3) is 0 Å². The molecular weight excluding hydrogens is 698 g/mol. The summed E-state index contributed by atoms with van der Waals surface area (Å²) < 4.78 is 44.3. The maximum atomic E-state index is 14.4. The summed E-state index contributed by atoms with van der Waals surface area (Å²) in [7, 11) is 0. The zero-order valence-electron chi connectivity index (χ0n) is 33.5. The number of ether oxygens (including phenoxy) is 3. The van der Waals surface area contributed by atoms with Crippen LogP contribution in [0.1, 0.15) is 94.2 Å². The Bertz CT molecular complexity index is 2100. The Morgan fingerprint density at radius 1 is 0.778 bits per heavy atom. The molecule has 0 aliphatic heterocycles. The van der Waals surface area contributed by atoms with Gasteiger partial charge < -0.3 is 19.9 Å². The van der Waals surface area contributed by atoms with E-state index in [4.69, 9.17) is 26.4 Å². The smallest absolute Gasteiger partial charge is 0.435 e. The summed E-state index contributed by atoms with van der Waals surface area (Å²) in [5.41, 5.74) is 4.23. The molecule has 0 unspecified atom stereocenters. The number of aromatic amines is 1. The van der Waals surface area contributed by atoms with Gasteiger partial charge in [-0.25, -0.2) is 23.2 Å². The molecule has 2 aromatic heterocycles. The number of terminal acetylenes is 1. The number of hydrogen-bond acceptors (Lipinski definition) is 9. The highest BCUT2D eigenvalue weighted by atomic mass is 19.1. The summed E-state index contributed by atoms with van der Waals surface area (Å²) >= 11 is 0. The lowest BCUT2D eigenvalue weighted by Crippen LogP contribution is -2.44. The van der Waals surface area contributed by atoms with Crippen LogP contribution in [0.15, 0.2) is 24.3 Å². The number of aryl methyl sites for hydroxylation is 2. The van der Waals surface area contributed by atoms with Crippen LogP contribution in [0.2, 0.25) is 0 Å². The second-order valence-corrected chi connectivity index (χ2v) is 14.4. The van der Waals surface area contributed by atoms with Crippen molar-refractivity contribution in [3.05, 3.63) is 47.0 Å². The topological polar surface area (TPSA) is 155 Å². The summed E-state index contributed by atoms with van der Waals surface area (Å²) in [6.45, 7) is 23.3. The van der Waals surface area contributed by atoms with E-state index in [9.17, 15) is 23.2 Å². The fourth-order valence-corrected chi connectivity index (χ4v) is 3.94. The summed E-state index contributed by atoms with van der Waals surface area (Å²) in [5, 5.41) is 11.5. The van der Waals surface area contributed by atoms with E-state index >= 15 is 0 Å². The molecule has 0 radical (unpaired) electrons. The zero-order chi connectivity index (χ0) is 41.8. The molecule has 3 N–H and O–H groups in total. The minimum Gasteiger partial charge on any atom is -0.443 e. The molecule has 290 valence electrons. The van der Waals surface area contributed by atoms with E-state index < -0.39 is 40.9 Å². The lowest BCUT2D eigenvalue weighted by Gasteiger charge is -2.27. The average molecular weight is 749 g/mol. The molecule has 14 heteroatoms. The van der Waals surface area contributed by atoms with Crippen LogP contribution < -0.4 is 10.6 Å². The molecule has 12 nitrogen and oxygen atoms in total. The van der Waals surface area contributed by atoms with E-state index in [0.717, 1.165) is 16.1 Å². The van der Waals surface area contributed by atoms with Crippen LogP contribution in [0.3, 0.4) is 0 Å². The van der Waals surface area contributed by atoms with Crippen LogP contribution >= 0.6 is 0 Å². The van der Waals surface area contributed by atoms with Crippen LogP contribution in [0.4, 0.5) is 34.8 Å². The Labute approximate surface area is 316 Å². The van der Waals surface area contributed by atoms with Crippen molar-refractivity contribution >= 4 is 51.7 Å². The molecule has 2 heterocycles. The summed E-state index contributed by atoms with van der Waals surface area (Å²) in [6, 6.07) is 5.56. The van der Waals surface area contributed by atoms with Gasteiger partial charge in [0.2, 0.25) is 0 Å². The van der Waals surface area contributed by atoms with E-state index in [1.165, 1.54) is 19.1 Å². The molecule has 2 amide bonds. The second kappa shape index (κ2) is 19.1. The number of nitrogens with one attached hydrogen (secondary N) is 1. The van der Waals surface area contributed by atoms with Gasteiger partial charge in [-0.15, -0.1) is 23.4 Å². The van der Waals surface area contributed by atoms with Crippen molar-refractivity contribution in [2.24, 2.45) is 0 Å². The number of benzene rings is 2. The van der Waals surface area contributed by atoms with E-state index in [2.05, 4.69) is 44.9 Å². The Morgan fingerprint density at radius 2 is 1.24 bits per heavy atom. The first-order valence-electron chi connectivity index (χ1n) is 16.6. The minimum absolute atomic E-state index is 0.0134. The number of amides is 2. The first kappa shape index (κ1) is 46.0. The van der Waals surface area contributed by atoms with Crippen molar-refractivity contribution in [3.63, 3.8) is 0 Å². The Kier molecular flexibility index (Phi) is 16.3. The largest absolute Gasteiger partial charge is 0.443 e. The van der Waals surface area contributed by atoms with Gasteiger partial charge in [0.05, 0.1) is 11.0 Å². The highest BCUT2D eigenvalue weighted by molar-refractivity contribution is 6.14. The molecule has 0 atom stereocenters. The number of aromatic nitrogens is 4. The molecule has 2 aromatic carbocycles. The van der Waals surface area contributed by atoms with Crippen molar-refractivity contribution in [3.8, 4) is 36.0 Å². The Balaban J connectivity index is 0.000000559. The number of rotatable bonds is 1. The Hall–Kier alpha value is -6.07. The van der Waals surface area contributed by atoms with Gasteiger partial charge in [-0.05, 0) is 138 Å². The first-order chi connectivity index (χ1) is 24.8. The summed E-state index contributed by atoms with van der Waals surface area (Å²) in [5.74, 6) is 11.8. The van der Waals surface area contributed by atoms with E-state index in [-0.39, 0.29) is 28.1 Å². The SMILES string of the molecule is C#CC#CC.CC#CC.Cc1cc2c(N(C(=O)OC(C)(C)C)C(=O)OC(C)(C)C)nn(C(=O)OC(C)(C)C)c2cc1F.Cc1cc2c(N)n[nH]c2cc1F. The quantitative estimate of drug-likeness (QED) is 0.143. The van der Waals surface area contributed by atoms with Crippen molar-refractivity contribution in [2.45, 2.75) is 114 Å². The lowest BCUT2D eigenvalue weighted by atomic mass is 10.1. The monoisotopic (exact) mass is 748 g/mol. The van der Waals surface area contributed by atoms with Crippen LogP contribution in [-0.2, 0) is 14.2 Å². The van der Waals surface area contributed by atoms with Crippen LogP contribution in [0.25, 0.3) is 21.8 Å². The number of carbonyl (C=O) groups excluding carboxylic acids is 3. The second-order valence-electron chi connectivity index (χ2n) is 14.4. The van der Waals surface area contributed by atoms with Gasteiger partial charge in [-0.1, -0.05) is 5.92 Å². The number of carbonyl (C=O) groups is 3. The predicted molar refractivity (Wildman–Crippen MR) is 208 cm³/mol. The first-order valence-corrected chi connectivity index (χ1v) is 16.6. The predicted octanol–water partition coefficient (Wildman–Crippen LogP) is 9.21. The Morgan fingerprint density at radius 3 is 1.65 bits per heavy atom. The minimum atomic E-state index is -1.06. The third kappa shape index (κ3) is 14.2. The molecule has 0 spiro atoms. The number of anilines is 2. The standard InChI is InChI=1S/C23H32FN3O6.C8H8FN3.C5H4.C4H6/c1-13-11-14-16(12-15(13)24)27(20(30)33-23(8,9)10)25-17(14)26(18(28)31-21(2,3)4)19(29)32-22(5,6)7;1-4-2-5-7(3-6(4)9)11-12-8(5)10;1-3-5-4-2;1-3-4-2/h11-12H,1-10H3;2-3H,1H3,(H3,10,11,12);1H,2H3;1-2H3.